The molecule has 3 heterocycles. The maximum atomic E-state index is 13.0. The van der Waals surface area contributed by atoms with Crippen LogP contribution in [0.15, 0.2) is 36.8 Å². The van der Waals surface area contributed by atoms with Gasteiger partial charge in [0.15, 0.2) is 5.78 Å². The number of benzene rings is 1. The van der Waals surface area contributed by atoms with E-state index in [1.165, 1.54) is 6.33 Å². The molecule has 1 atom stereocenters. The highest BCUT2D eigenvalue weighted by Gasteiger charge is 2.37. The molecule has 0 radical (unpaired) electrons. The van der Waals surface area contributed by atoms with Gasteiger partial charge in [-0.2, -0.15) is 26.3 Å². The highest BCUT2D eigenvalue weighted by molar-refractivity contribution is 5.87. The highest BCUT2D eigenvalue weighted by Crippen LogP contribution is 2.37. The van der Waals surface area contributed by atoms with Gasteiger partial charge in [0.05, 0.1) is 23.1 Å². The molecule has 0 aliphatic carbocycles. The average Bonchev–Trinajstić information content (AvgIpc) is 3.25. The van der Waals surface area contributed by atoms with Crippen molar-refractivity contribution in [1.29, 1.82) is 0 Å². The van der Waals surface area contributed by atoms with Crippen LogP contribution in [-0.2, 0) is 17.1 Å². The number of alkyl halides is 6. The van der Waals surface area contributed by atoms with Gasteiger partial charge in [0.2, 0.25) is 0 Å². The number of halogens is 6. The summed E-state index contributed by atoms with van der Waals surface area (Å²) in [5.41, 5.74) is -2.56. The summed E-state index contributed by atoms with van der Waals surface area (Å²) in [6.07, 6.45) is -4.92. The van der Waals surface area contributed by atoms with E-state index in [4.69, 9.17) is 0 Å². The molecule has 1 saturated heterocycles. The lowest BCUT2D eigenvalue weighted by molar-refractivity contribution is -0.143. The SMILES string of the molecule is O=C(CNc1cc(C(F)(F)F)cc(C(F)(F)F)c1)C[C@@H]1CCCN(c2ncnc3[nH]ccc23)C1. The number of anilines is 2. The first-order chi connectivity index (χ1) is 16.0. The molecule has 1 aromatic carbocycles. The Kier molecular flexibility index (Phi) is 6.41. The molecule has 0 spiro atoms. The fourth-order valence-electron chi connectivity index (χ4n) is 4.19. The van der Waals surface area contributed by atoms with Crippen LogP contribution in [0.4, 0.5) is 37.8 Å². The molecule has 2 N–H and O–H groups in total. The van der Waals surface area contributed by atoms with Crippen LogP contribution in [0.2, 0.25) is 0 Å². The molecule has 182 valence electrons. The van der Waals surface area contributed by atoms with Gasteiger partial charge >= 0.3 is 12.4 Å². The number of Topliss-reactive ketones (excluding diaryl/α,β-unsaturated/α-hetero) is 1. The summed E-state index contributed by atoms with van der Waals surface area (Å²) in [6, 6.07) is 3.07. The molecule has 0 amide bonds. The molecule has 2 aromatic heterocycles. The first-order valence-corrected chi connectivity index (χ1v) is 10.6. The van der Waals surface area contributed by atoms with Crippen molar-refractivity contribution in [2.45, 2.75) is 31.6 Å². The lowest BCUT2D eigenvalue weighted by Gasteiger charge is -2.33. The number of carbonyl (C=O) groups excluding carboxylic acids is 1. The summed E-state index contributed by atoms with van der Waals surface area (Å²) in [6.45, 7) is 0.945. The number of carbonyl (C=O) groups is 1. The highest BCUT2D eigenvalue weighted by atomic mass is 19.4. The van der Waals surface area contributed by atoms with Crippen LogP contribution in [0.25, 0.3) is 11.0 Å². The Balaban J connectivity index is 1.40. The maximum absolute atomic E-state index is 13.0. The number of nitrogens with zero attached hydrogens (tertiary/aromatic N) is 3. The van der Waals surface area contributed by atoms with Crippen molar-refractivity contribution in [3.05, 3.63) is 47.9 Å². The number of hydrogen-bond donors (Lipinski definition) is 2. The summed E-state index contributed by atoms with van der Waals surface area (Å²) < 4.78 is 78.1. The zero-order valence-corrected chi connectivity index (χ0v) is 17.8. The zero-order chi connectivity index (χ0) is 24.5. The van der Waals surface area contributed by atoms with Gasteiger partial charge < -0.3 is 15.2 Å². The first-order valence-electron chi connectivity index (χ1n) is 10.6. The molecule has 1 aliphatic heterocycles. The first kappa shape index (κ1) is 23.8. The standard InChI is InChI=1S/C22H21F6N5O/c23-21(24,25)14-7-15(22(26,27)28)9-16(8-14)30-10-17(34)6-13-2-1-5-33(11-13)20-18-3-4-29-19(18)31-12-32-20/h3-4,7-9,12-13,30H,1-2,5-6,10-11H2,(H,29,31,32)/t13-/m0/s1. The van der Waals surface area contributed by atoms with Crippen molar-refractivity contribution < 1.29 is 31.1 Å². The van der Waals surface area contributed by atoms with Crippen LogP contribution in [0.1, 0.15) is 30.4 Å². The Hall–Kier alpha value is -3.31. The summed E-state index contributed by atoms with van der Waals surface area (Å²) in [5.74, 6) is 0.441. The molecule has 1 fully saturated rings. The van der Waals surface area contributed by atoms with Crippen LogP contribution in [0.3, 0.4) is 0 Å². The number of ketones is 1. The molecule has 3 aromatic rings. The minimum atomic E-state index is -4.95. The third-order valence-electron chi connectivity index (χ3n) is 5.75. The molecule has 6 nitrogen and oxygen atoms in total. The maximum Gasteiger partial charge on any atom is 0.416 e. The van der Waals surface area contributed by atoms with Gasteiger partial charge in [0.1, 0.15) is 17.8 Å². The summed E-state index contributed by atoms with van der Waals surface area (Å²) in [7, 11) is 0. The number of fused-ring (bicyclic) bond motifs is 1. The topological polar surface area (TPSA) is 73.9 Å². The van der Waals surface area contributed by atoms with Gasteiger partial charge in [-0.1, -0.05) is 0 Å². The van der Waals surface area contributed by atoms with Gasteiger partial charge in [-0.25, -0.2) is 9.97 Å². The summed E-state index contributed by atoms with van der Waals surface area (Å²) in [5, 5.41) is 3.30. The van der Waals surface area contributed by atoms with Crippen LogP contribution >= 0.6 is 0 Å². The van der Waals surface area contributed by atoms with E-state index in [1.54, 1.807) is 6.20 Å². The molecular weight excluding hydrogens is 464 g/mol. The molecule has 12 heteroatoms. The van der Waals surface area contributed by atoms with E-state index in [1.807, 2.05) is 6.07 Å². The molecular formula is C22H21F6N5O. The summed E-state index contributed by atoms with van der Waals surface area (Å²) >= 11 is 0. The Morgan fingerprint density at radius 2 is 1.79 bits per heavy atom. The minimum Gasteiger partial charge on any atom is -0.378 e. The molecule has 0 unspecified atom stereocenters. The Labute approximate surface area is 190 Å². The molecule has 0 saturated carbocycles. The average molecular weight is 485 g/mol. The number of rotatable bonds is 6. The van der Waals surface area contributed by atoms with Crippen molar-refractivity contribution in [3.63, 3.8) is 0 Å². The Morgan fingerprint density at radius 1 is 1.09 bits per heavy atom. The van der Waals surface area contributed by atoms with Gasteiger partial charge in [0, 0.05) is 31.4 Å². The lowest BCUT2D eigenvalue weighted by atomic mass is 9.92. The van der Waals surface area contributed by atoms with E-state index in [9.17, 15) is 31.1 Å². The number of H-pyrrole nitrogens is 1. The monoisotopic (exact) mass is 485 g/mol. The number of nitrogens with one attached hydrogen (secondary N) is 2. The number of aromatic nitrogens is 3. The van der Waals surface area contributed by atoms with Crippen molar-refractivity contribution in [3.8, 4) is 0 Å². The van der Waals surface area contributed by atoms with Gasteiger partial charge in [0.25, 0.3) is 0 Å². The minimum absolute atomic E-state index is 0.0146. The van der Waals surface area contributed by atoms with Crippen molar-refractivity contribution in [1.82, 2.24) is 15.0 Å². The van der Waals surface area contributed by atoms with E-state index in [0.29, 0.717) is 24.3 Å². The second-order valence-electron chi connectivity index (χ2n) is 8.28. The predicted molar refractivity (Wildman–Crippen MR) is 113 cm³/mol. The normalized spacial score (nSPS) is 17.2. The smallest absolute Gasteiger partial charge is 0.378 e. The van der Waals surface area contributed by atoms with Crippen LogP contribution in [0, 0.1) is 5.92 Å². The van der Waals surface area contributed by atoms with Crippen molar-refractivity contribution >= 4 is 28.3 Å². The number of piperidine rings is 1. The Bertz CT molecular complexity index is 1140. The van der Waals surface area contributed by atoms with Crippen LogP contribution in [0.5, 0.6) is 0 Å². The van der Waals surface area contributed by atoms with Crippen LogP contribution < -0.4 is 10.2 Å². The lowest BCUT2D eigenvalue weighted by Crippen LogP contribution is -2.37. The third kappa shape index (κ3) is 5.42. The van der Waals surface area contributed by atoms with E-state index < -0.39 is 29.2 Å². The van der Waals surface area contributed by atoms with E-state index in [-0.39, 0.29) is 30.7 Å². The molecule has 1 aliphatic rings. The fraction of sp³-hybridized carbons (Fsp3) is 0.409. The summed E-state index contributed by atoms with van der Waals surface area (Å²) in [4.78, 5) is 26.1. The van der Waals surface area contributed by atoms with Crippen LogP contribution in [-0.4, -0.2) is 40.4 Å². The van der Waals surface area contributed by atoms with E-state index >= 15 is 0 Å². The third-order valence-corrected chi connectivity index (χ3v) is 5.75. The fourth-order valence-corrected chi connectivity index (χ4v) is 4.19. The van der Waals surface area contributed by atoms with Crippen molar-refractivity contribution in [2.24, 2.45) is 5.92 Å². The van der Waals surface area contributed by atoms with Crippen molar-refractivity contribution in [2.75, 3.05) is 29.9 Å². The Morgan fingerprint density at radius 3 is 2.47 bits per heavy atom. The number of hydrogen-bond acceptors (Lipinski definition) is 5. The van der Waals surface area contributed by atoms with E-state index in [2.05, 4.69) is 25.2 Å². The zero-order valence-electron chi connectivity index (χ0n) is 17.8. The molecule has 4 rings (SSSR count). The second kappa shape index (κ2) is 9.15. The second-order valence-corrected chi connectivity index (χ2v) is 8.28. The van der Waals surface area contributed by atoms with Gasteiger partial charge in [-0.15, -0.1) is 0 Å². The van der Waals surface area contributed by atoms with E-state index in [0.717, 1.165) is 30.6 Å². The number of aromatic amines is 1. The van der Waals surface area contributed by atoms with Gasteiger partial charge in [-0.3, -0.25) is 4.79 Å². The molecule has 0 bridgehead atoms. The quantitative estimate of drug-likeness (QED) is 0.465. The predicted octanol–water partition coefficient (Wildman–Crippen LogP) is 5.28. The molecule has 34 heavy (non-hydrogen) atoms. The largest absolute Gasteiger partial charge is 0.416 e. The van der Waals surface area contributed by atoms with Gasteiger partial charge in [-0.05, 0) is 43.0 Å².